The van der Waals surface area contributed by atoms with Crippen molar-refractivity contribution >= 4 is 11.8 Å². The Morgan fingerprint density at radius 3 is 3.23 bits per heavy atom. The highest BCUT2D eigenvalue weighted by atomic mass is 32.2. The van der Waals surface area contributed by atoms with E-state index in [1.165, 1.54) is 6.42 Å². The Bertz CT molecular complexity index is 271. The lowest BCUT2D eigenvalue weighted by Gasteiger charge is -2.06. The molecule has 1 aliphatic rings. The van der Waals surface area contributed by atoms with E-state index in [9.17, 15) is 0 Å². The second-order valence-electron chi connectivity index (χ2n) is 3.03. The molecule has 1 atom stereocenters. The maximum Gasteiger partial charge on any atom is 0.209 e. The van der Waals surface area contributed by atoms with Gasteiger partial charge in [0, 0.05) is 19.4 Å². The molecule has 0 saturated carbocycles. The summed E-state index contributed by atoms with van der Waals surface area (Å²) < 4.78 is 7.17. The molecule has 13 heavy (non-hydrogen) atoms. The number of tetrazole rings is 1. The number of nitrogens with zero attached hydrogens (tertiary/aromatic N) is 4. The van der Waals surface area contributed by atoms with Crippen molar-refractivity contribution in [2.45, 2.75) is 24.1 Å². The van der Waals surface area contributed by atoms with Gasteiger partial charge < -0.3 is 4.74 Å². The SMILES string of the molecule is Cn1nnnc1SC[C@H]1CCCO1. The first kappa shape index (κ1) is 8.96. The van der Waals surface area contributed by atoms with Crippen molar-refractivity contribution in [3.8, 4) is 0 Å². The zero-order chi connectivity index (χ0) is 9.10. The van der Waals surface area contributed by atoms with Crippen LogP contribution >= 0.6 is 11.8 Å². The monoisotopic (exact) mass is 200 g/mol. The molecular formula is C7H12N4OS. The molecule has 0 aliphatic carbocycles. The maximum absolute atomic E-state index is 5.49. The fraction of sp³-hybridized carbons (Fsp3) is 0.857. The molecule has 0 unspecified atom stereocenters. The van der Waals surface area contributed by atoms with Crippen LogP contribution in [0.15, 0.2) is 5.16 Å². The van der Waals surface area contributed by atoms with Crippen molar-refractivity contribution in [2.24, 2.45) is 7.05 Å². The second kappa shape index (κ2) is 4.06. The Labute approximate surface area is 80.8 Å². The molecular weight excluding hydrogens is 188 g/mol. The normalized spacial score (nSPS) is 22.4. The van der Waals surface area contributed by atoms with Crippen LogP contribution in [0.1, 0.15) is 12.8 Å². The van der Waals surface area contributed by atoms with Gasteiger partial charge in [-0.25, -0.2) is 4.68 Å². The molecule has 72 valence electrons. The van der Waals surface area contributed by atoms with E-state index in [2.05, 4.69) is 15.5 Å². The summed E-state index contributed by atoms with van der Waals surface area (Å²) in [6, 6.07) is 0. The van der Waals surface area contributed by atoms with E-state index in [0.717, 1.165) is 23.9 Å². The Morgan fingerprint density at radius 1 is 1.69 bits per heavy atom. The fourth-order valence-electron chi connectivity index (χ4n) is 1.29. The third-order valence-corrected chi connectivity index (χ3v) is 3.15. The molecule has 0 spiro atoms. The van der Waals surface area contributed by atoms with Crippen molar-refractivity contribution in [3.63, 3.8) is 0 Å². The van der Waals surface area contributed by atoms with Gasteiger partial charge in [-0.15, -0.1) is 5.10 Å². The van der Waals surface area contributed by atoms with E-state index in [-0.39, 0.29) is 0 Å². The molecule has 1 fully saturated rings. The highest BCUT2D eigenvalue weighted by molar-refractivity contribution is 7.99. The molecule has 0 bridgehead atoms. The number of aryl methyl sites for hydroxylation is 1. The average molecular weight is 200 g/mol. The molecule has 1 saturated heterocycles. The van der Waals surface area contributed by atoms with E-state index in [0.29, 0.717) is 6.10 Å². The number of hydrogen-bond donors (Lipinski definition) is 0. The molecule has 1 aromatic rings. The molecule has 2 rings (SSSR count). The van der Waals surface area contributed by atoms with Gasteiger partial charge in [-0.05, 0) is 23.3 Å². The van der Waals surface area contributed by atoms with Crippen molar-refractivity contribution in [3.05, 3.63) is 0 Å². The van der Waals surface area contributed by atoms with E-state index >= 15 is 0 Å². The number of thioether (sulfide) groups is 1. The molecule has 0 N–H and O–H groups in total. The fourth-order valence-corrected chi connectivity index (χ4v) is 2.20. The standard InChI is InChI=1S/C7H12N4OS/c1-11-7(8-9-10-11)13-5-6-3-2-4-12-6/h6H,2-5H2,1H3/t6-/m1/s1. The topological polar surface area (TPSA) is 52.8 Å². The molecule has 6 heteroatoms. The van der Waals surface area contributed by atoms with Gasteiger partial charge in [-0.2, -0.15) is 0 Å². The highest BCUT2D eigenvalue weighted by Crippen LogP contribution is 2.20. The van der Waals surface area contributed by atoms with E-state index in [4.69, 9.17) is 4.74 Å². The number of ether oxygens (including phenoxy) is 1. The van der Waals surface area contributed by atoms with Gasteiger partial charge in [0.1, 0.15) is 0 Å². The Morgan fingerprint density at radius 2 is 2.62 bits per heavy atom. The molecule has 5 nitrogen and oxygen atoms in total. The van der Waals surface area contributed by atoms with Crippen LogP contribution in [0.4, 0.5) is 0 Å². The van der Waals surface area contributed by atoms with Crippen LogP contribution in [0.2, 0.25) is 0 Å². The minimum atomic E-state index is 0.390. The Hall–Kier alpha value is -0.620. The van der Waals surface area contributed by atoms with Crippen molar-refractivity contribution in [1.82, 2.24) is 20.2 Å². The van der Waals surface area contributed by atoms with E-state index < -0.39 is 0 Å². The smallest absolute Gasteiger partial charge is 0.209 e. The number of hydrogen-bond acceptors (Lipinski definition) is 5. The van der Waals surface area contributed by atoms with Crippen molar-refractivity contribution in [2.75, 3.05) is 12.4 Å². The summed E-state index contributed by atoms with van der Waals surface area (Å²) in [4.78, 5) is 0. The zero-order valence-corrected chi connectivity index (χ0v) is 8.33. The molecule has 0 aromatic carbocycles. The van der Waals surface area contributed by atoms with Crippen LogP contribution < -0.4 is 0 Å². The van der Waals surface area contributed by atoms with E-state index in [1.807, 2.05) is 7.05 Å². The summed E-state index contributed by atoms with van der Waals surface area (Å²) in [5.74, 6) is 0.953. The Balaban J connectivity index is 1.82. The Kier molecular flexibility index (Phi) is 2.80. The lowest BCUT2D eigenvalue weighted by Crippen LogP contribution is -2.08. The van der Waals surface area contributed by atoms with Crippen LogP contribution in [0, 0.1) is 0 Å². The third kappa shape index (κ3) is 2.19. The minimum Gasteiger partial charge on any atom is -0.377 e. The maximum atomic E-state index is 5.49. The molecule has 1 aliphatic heterocycles. The largest absolute Gasteiger partial charge is 0.377 e. The van der Waals surface area contributed by atoms with Gasteiger partial charge in [0.05, 0.1) is 6.10 Å². The molecule has 2 heterocycles. The summed E-state index contributed by atoms with van der Waals surface area (Å²) in [5.41, 5.74) is 0. The van der Waals surface area contributed by atoms with Crippen LogP contribution in [-0.2, 0) is 11.8 Å². The first-order valence-corrected chi connectivity index (χ1v) is 5.31. The van der Waals surface area contributed by atoms with Gasteiger partial charge in [-0.3, -0.25) is 0 Å². The van der Waals surface area contributed by atoms with Gasteiger partial charge in [-0.1, -0.05) is 11.8 Å². The van der Waals surface area contributed by atoms with Crippen LogP contribution in [0.3, 0.4) is 0 Å². The summed E-state index contributed by atoms with van der Waals surface area (Å²) in [5, 5.41) is 12.1. The predicted octanol–water partition coefficient (Wildman–Crippen LogP) is 0.481. The number of rotatable bonds is 3. The highest BCUT2D eigenvalue weighted by Gasteiger charge is 2.16. The van der Waals surface area contributed by atoms with Gasteiger partial charge >= 0.3 is 0 Å². The third-order valence-electron chi connectivity index (χ3n) is 2.00. The quantitative estimate of drug-likeness (QED) is 0.664. The molecule has 0 amide bonds. The second-order valence-corrected chi connectivity index (χ2v) is 4.02. The van der Waals surface area contributed by atoms with Gasteiger partial charge in [0.15, 0.2) is 0 Å². The van der Waals surface area contributed by atoms with Crippen molar-refractivity contribution in [1.29, 1.82) is 0 Å². The van der Waals surface area contributed by atoms with Gasteiger partial charge in [0.25, 0.3) is 0 Å². The first-order chi connectivity index (χ1) is 6.36. The summed E-state index contributed by atoms with van der Waals surface area (Å²) in [6.45, 7) is 0.905. The summed E-state index contributed by atoms with van der Waals surface area (Å²) in [7, 11) is 1.85. The minimum absolute atomic E-state index is 0.390. The summed E-state index contributed by atoms with van der Waals surface area (Å²) in [6.07, 6.45) is 2.74. The number of aromatic nitrogens is 4. The lowest BCUT2D eigenvalue weighted by atomic mass is 10.3. The van der Waals surface area contributed by atoms with Crippen LogP contribution in [0.5, 0.6) is 0 Å². The predicted molar refractivity (Wildman–Crippen MR) is 48.5 cm³/mol. The average Bonchev–Trinajstić information content (AvgIpc) is 2.72. The zero-order valence-electron chi connectivity index (χ0n) is 7.51. The van der Waals surface area contributed by atoms with Gasteiger partial charge in [0.2, 0.25) is 5.16 Å². The molecule has 1 aromatic heterocycles. The van der Waals surface area contributed by atoms with Crippen LogP contribution in [-0.4, -0.2) is 38.7 Å². The lowest BCUT2D eigenvalue weighted by molar-refractivity contribution is 0.129. The van der Waals surface area contributed by atoms with E-state index in [1.54, 1.807) is 16.4 Å². The van der Waals surface area contributed by atoms with Crippen LogP contribution in [0.25, 0.3) is 0 Å². The first-order valence-electron chi connectivity index (χ1n) is 4.33. The molecule has 0 radical (unpaired) electrons. The summed E-state index contributed by atoms with van der Waals surface area (Å²) >= 11 is 1.65. The van der Waals surface area contributed by atoms with Crippen molar-refractivity contribution < 1.29 is 4.74 Å².